The minimum absolute atomic E-state index is 0.0341. The van der Waals surface area contributed by atoms with Crippen molar-refractivity contribution < 1.29 is 19.1 Å². The highest BCUT2D eigenvalue weighted by atomic mass is 32.2. The molecule has 7 nitrogen and oxygen atoms in total. The third-order valence-corrected chi connectivity index (χ3v) is 7.84. The van der Waals surface area contributed by atoms with E-state index in [0.717, 1.165) is 56.1 Å². The second-order valence-electron chi connectivity index (χ2n) is 11.5. The summed E-state index contributed by atoms with van der Waals surface area (Å²) in [5.41, 5.74) is 1.23. The number of carbonyl (C=O) groups excluding carboxylic acids is 3. The number of nitrogens with zero attached hydrogens (tertiary/aromatic N) is 1. The monoisotopic (exact) mass is 531 g/mol. The van der Waals surface area contributed by atoms with E-state index in [1.54, 1.807) is 37.4 Å². The second-order valence-corrected chi connectivity index (χ2v) is 12.5. The fraction of sp³-hybridized carbons (Fsp3) is 0.690. The summed E-state index contributed by atoms with van der Waals surface area (Å²) in [5.74, 6) is 0.361. The molecule has 1 aromatic carbocycles. The van der Waals surface area contributed by atoms with Gasteiger partial charge in [0, 0.05) is 12.1 Å². The van der Waals surface area contributed by atoms with E-state index >= 15 is 0 Å². The Kier molecular flexibility index (Phi) is 10.7. The largest absolute Gasteiger partial charge is 0.444 e. The lowest BCUT2D eigenvalue weighted by atomic mass is 9.87. The van der Waals surface area contributed by atoms with Crippen LogP contribution >= 0.6 is 11.8 Å². The Morgan fingerprint density at radius 1 is 1.03 bits per heavy atom. The number of benzene rings is 1. The van der Waals surface area contributed by atoms with Gasteiger partial charge in [-0.25, -0.2) is 4.79 Å². The smallest absolute Gasteiger partial charge is 0.408 e. The molecule has 0 saturated heterocycles. The SMILES string of the molecule is CSCCC(NC(=O)OC(C)(C)C)C(=O)N(C1CCC1)C(C(=O)NC1CCCCC1)c1ccc(C)cc1. The number of nitrogens with one attached hydrogen (secondary N) is 2. The molecule has 1 aromatic rings. The lowest BCUT2D eigenvalue weighted by Gasteiger charge is -2.44. The van der Waals surface area contributed by atoms with Crippen LogP contribution in [0.15, 0.2) is 24.3 Å². The number of hydrogen-bond donors (Lipinski definition) is 2. The Balaban J connectivity index is 1.93. The second kappa shape index (κ2) is 13.5. The number of rotatable bonds is 10. The van der Waals surface area contributed by atoms with Gasteiger partial charge >= 0.3 is 6.09 Å². The molecule has 0 spiro atoms. The third-order valence-electron chi connectivity index (χ3n) is 7.19. The van der Waals surface area contributed by atoms with Crippen molar-refractivity contribution in [2.45, 2.75) is 115 Å². The van der Waals surface area contributed by atoms with Crippen molar-refractivity contribution in [3.05, 3.63) is 35.4 Å². The quantitative estimate of drug-likeness (QED) is 0.416. The Hall–Kier alpha value is -2.22. The standard InChI is InChI=1S/C29H45N3O4S/c1-20-14-16-21(17-15-20)25(26(33)30-22-10-7-6-8-11-22)32(23-12-9-13-23)27(34)24(18-19-37-5)31-28(35)36-29(2,3)4/h14-17,22-25H,6-13,18-19H2,1-5H3,(H,30,33)(H,31,35). The van der Waals surface area contributed by atoms with Gasteiger partial charge in [0.25, 0.3) is 0 Å². The van der Waals surface area contributed by atoms with Crippen molar-refractivity contribution in [2.75, 3.05) is 12.0 Å². The molecule has 37 heavy (non-hydrogen) atoms. The van der Waals surface area contributed by atoms with Gasteiger partial charge in [-0.2, -0.15) is 11.8 Å². The zero-order chi connectivity index (χ0) is 27.0. The van der Waals surface area contributed by atoms with E-state index in [-0.39, 0.29) is 23.9 Å². The van der Waals surface area contributed by atoms with Gasteiger partial charge in [0.2, 0.25) is 11.8 Å². The predicted octanol–water partition coefficient (Wildman–Crippen LogP) is 5.51. The topological polar surface area (TPSA) is 87.7 Å². The van der Waals surface area contributed by atoms with Crippen molar-refractivity contribution in [3.63, 3.8) is 0 Å². The van der Waals surface area contributed by atoms with Gasteiger partial charge in [0.1, 0.15) is 17.7 Å². The first-order valence-electron chi connectivity index (χ1n) is 13.8. The number of amides is 3. The first-order valence-corrected chi connectivity index (χ1v) is 15.2. The molecule has 0 bridgehead atoms. The summed E-state index contributed by atoms with van der Waals surface area (Å²) < 4.78 is 5.48. The lowest BCUT2D eigenvalue weighted by Crippen LogP contribution is -2.58. The van der Waals surface area contributed by atoms with Crippen LogP contribution in [-0.2, 0) is 14.3 Å². The van der Waals surface area contributed by atoms with Gasteiger partial charge in [-0.15, -0.1) is 0 Å². The molecule has 2 atom stereocenters. The van der Waals surface area contributed by atoms with Crippen molar-refractivity contribution in [2.24, 2.45) is 0 Å². The van der Waals surface area contributed by atoms with Crippen LogP contribution in [0.3, 0.4) is 0 Å². The van der Waals surface area contributed by atoms with Crippen molar-refractivity contribution in [1.82, 2.24) is 15.5 Å². The molecule has 0 aromatic heterocycles. The summed E-state index contributed by atoms with van der Waals surface area (Å²) in [7, 11) is 0. The fourth-order valence-electron chi connectivity index (χ4n) is 5.02. The van der Waals surface area contributed by atoms with Gasteiger partial charge in [-0.3, -0.25) is 9.59 Å². The van der Waals surface area contributed by atoms with Crippen LogP contribution in [0.1, 0.15) is 95.7 Å². The van der Waals surface area contributed by atoms with Gasteiger partial charge in [-0.1, -0.05) is 49.1 Å². The first-order chi connectivity index (χ1) is 17.6. The number of ether oxygens (including phenoxy) is 1. The molecule has 2 unspecified atom stereocenters. The minimum Gasteiger partial charge on any atom is -0.444 e. The van der Waals surface area contributed by atoms with Crippen molar-refractivity contribution >= 4 is 29.7 Å². The van der Waals surface area contributed by atoms with Crippen LogP contribution in [-0.4, -0.2) is 58.5 Å². The molecule has 0 heterocycles. The van der Waals surface area contributed by atoms with E-state index in [0.29, 0.717) is 12.2 Å². The molecular weight excluding hydrogens is 486 g/mol. The highest BCUT2D eigenvalue weighted by Crippen LogP contribution is 2.34. The molecule has 2 N–H and O–H groups in total. The maximum Gasteiger partial charge on any atom is 0.408 e. The molecule has 3 amide bonds. The van der Waals surface area contributed by atoms with Crippen molar-refractivity contribution in [1.29, 1.82) is 0 Å². The van der Waals surface area contributed by atoms with Gasteiger partial charge in [0.05, 0.1) is 0 Å². The van der Waals surface area contributed by atoms with Gasteiger partial charge < -0.3 is 20.3 Å². The maximum atomic E-state index is 14.2. The number of thioether (sulfide) groups is 1. The average Bonchev–Trinajstić information content (AvgIpc) is 2.80. The van der Waals surface area contributed by atoms with E-state index in [4.69, 9.17) is 4.74 Å². The number of hydrogen-bond acceptors (Lipinski definition) is 5. The van der Waals surface area contributed by atoms with Crippen LogP contribution in [0.5, 0.6) is 0 Å². The van der Waals surface area contributed by atoms with E-state index in [1.165, 1.54) is 6.42 Å². The molecule has 2 aliphatic carbocycles. The van der Waals surface area contributed by atoms with E-state index in [1.807, 2.05) is 37.4 Å². The molecule has 0 aliphatic heterocycles. The van der Waals surface area contributed by atoms with Crippen LogP contribution in [0.4, 0.5) is 4.79 Å². The van der Waals surface area contributed by atoms with E-state index in [9.17, 15) is 14.4 Å². The normalized spacial score (nSPS) is 18.3. The Labute approximate surface area is 226 Å². The predicted molar refractivity (Wildman–Crippen MR) is 150 cm³/mol. The fourth-order valence-corrected chi connectivity index (χ4v) is 5.49. The molecule has 2 saturated carbocycles. The Morgan fingerprint density at radius 2 is 1.68 bits per heavy atom. The zero-order valence-corrected chi connectivity index (χ0v) is 24.0. The molecule has 3 rings (SSSR count). The van der Waals surface area contributed by atoms with Gasteiger partial charge in [-0.05, 0) is 83.8 Å². The van der Waals surface area contributed by atoms with E-state index in [2.05, 4.69) is 10.6 Å². The summed E-state index contributed by atoms with van der Waals surface area (Å²) >= 11 is 1.62. The number of alkyl carbamates (subject to hydrolysis) is 1. The Morgan fingerprint density at radius 3 is 2.22 bits per heavy atom. The highest BCUT2D eigenvalue weighted by Gasteiger charge is 2.42. The van der Waals surface area contributed by atoms with E-state index < -0.39 is 23.8 Å². The summed E-state index contributed by atoms with van der Waals surface area (Å²) in [6.07, 6.45) is 9.93. The molecule has 2 fully saturated rings. The molecule has 8 heteroatoms. The summed E-state index contributed by atoms with van der Waals surface area (Å²) in [6.45, 7) is 7.41. The first kappa shape index (κ1) is 29.3. The summed E-state index contributed by atoms with van der Waals surface area (Å²) in [5, 5.41) is 6.11. The van der Waals surface area contributed by atoms with Crippen LogP contribution in [0.25, 0.3) is 0 Å². The zero-order valence-electron chi connectivity index (χ0n) is 23.2. The number of carbonyl (C=O) groups is 3. The van der Waals surface area contributed by atoms with Crippen LogP contribution < -0.4 is 10.6 Å². The third kappa shape index (κ3) is 8.66. The molecule has 0 radical (unpaired) electrons. The maximum absolute atomic E-state index is 14.2. The number of aryl methyl sites for hydroxylation is 1. The van der Waals surface area contributed by atoms with Crippen LogP contribution in [0.2, 0.25) is 0 Å². The average molecular weight is 532 g/mol. The summed E-state index contributed by atoms with van der Waals surface area (Å²) in [6, 6.07) is 6.49. The van der Waals surface area contributed by atoms with Gasteiger partial charge in [0.15, 0.2) is 0 Å². The molecular formula is C29H45N3O4S. The highest BCUT2D eigenvalue weighted by molar-refractivity contribution is 7.98. The van der Waals surface area contributed by atoms with Crippen LogP contribution in [0, 0.1) is 6.92 Å². The minimum atomic E-state index is -0.765. The van der Waals surface area contributed by atoms with Crippen molar-refractivity contribution in [3.8, 4) is 0 Å². The summed E-state index contributed by atoms with van der Waals surface area (Å²) in [4.78, 5) is 42.6. The molecule has 2 aliphatic rings. The Bertz CT molecular complexity index is 905. The lowest BCUT2D eigenvalue weighted by molar-refractivity contribution is -0.147. The molecule has 206 valence electrons.